The maximum absolute atomic E-state index is 12.7. The Kier molecular flexibility index (Phi) is 5.75. The van der Waals surface area contributed by atoms with E-state index in [4.69, 9.17) is 15.2 Å². The Hall–Kier alpha value is -3.23. The van der Waals surface area contributed by atoms with Crippen molar-refractivity contribution in [2.75, 3.05) is 19.8 Å². The molecule has 1 saturated heterocycles. The Morgan fingerprint density at radius 2 is 1.90 bits per heavy atom. The predicted octanol–water partition coefficient (Wildman–Crippen LogP) is 4.84. The monoisotopic (exact) mass is 428 g/mol. The summed E-state index contributed by atoms with van der Waals surface area (Å²) in [5.41, 5.74) is 5.99. The highest BCUT2D eigenvalue weighted by atomic mass is 19.4. The van der Waals surface area contributed by atoms with E-state index in [2.05, 4.69) is 4.99 Å². The molecular weight excluding hydrogens is 409 g/mol. The molecule has 1 heterocycles. The normalized spacial score (nSPS) is 17.9. The second-order valence-corrected chi connectivity index (χ2v) is 7.17. The molecule has 8 heteroatoms. The molecule has 4 rings (SSSR count). The van der Waals surface area contributed by atoms with Gasteiger partial charge in [-0.25, -0.2) is 4.99 Å². The van der Waals surface area contributed by atoms with Crippen LogP contribution in [-0.4, -0.2) is 31.4 Å². The van der Waals surface area contributed by atoms with Crippen LogP contribution in [0.2, 0.25) is 0 Å². The van der Waals surface area contributed by atoms with Crippen molar-refractivity contribution in [2.45, 2.75) is 6.18 Å². The third-order valence-corrected chi connectivity index (χ3v) is 5.07. The first-order chi connectivity index (χ1) is 14.8. The number of halogens is 3. The van der Waals surface area contributed by atoms with Gasteiger partial charge in [0.25, 0.3) is 5.91 Å². The van der Waals surface area contributed by atoms with Crippen LogP contribution in [0, 0.1) is 5.92 Å². The van der Waals surface area contributed by atoms with Gasteiger partial charge in [-0.15, -0.1) is 0 Å². The smallest absolute Gasteiger partial charge is 0.416 e. The number of nitrogens with two attached hydrogens (primary N) is 1. The summed E-state index contributed by atoms with van der Waals surface area (Å²) in [5.74, 6) is 0.319. The Labute approximate surface area is 176 Å². The van der Waals surface area contributed by atoms with E-state index < -0.39 is 11.7 Å². The Morgan fingerprint density at radius 3 is 2.61 bits per heavy atom. The van der Waals surface area contributed by atoms with Crippen LogP contribution in [0.15, 0.2) is 65.7 Å². The van der Waals surface area contributed by atoms with E-state index in [0.29, 0.717) is 36.8 Å². The molecule has 1 amide bonds. The first-order valence-corrected chi connectivity index (χ1v) is 9.62. The minimum absolute atomic E-state index is 0.0480. The summed E-state index contributed by atoms with van der Waals surface area (Å²) in [7, 11) is 0. The summed E-state index contributed by atoms with van der Waals surface area (Å²) >= 11 is 0. The zero-order valence-electron chi connectivity index (χ0n) is 16.4. The summed E-state index contributed by atoms with van der Waals surface area (Å²) in [5, 5.41) is 1.46. The number of ether oxygens (including phenoxy) is 2. The quantitative estimate of drug-likeness (QED) is 0.646. The number of rotatable bonds is 4. The zero-order valence-corrected chi connectivity index (χ0v) is 16.4. The molecule has 3 aromatic rings. The second kappa shape index (κ2) is 8.49. The molecule has 0 radical (unpaired) electrons. The number of amides is 1. The van der Waals surface area contributed by atoms with Crippen molar-refractivity contribution in [1.82, 2.24) is 0 Å². The molecule has 0 aliphatic carbocycles. The fourth-order valence-electron chi connectivity index (χ4n) is 3.36. The number of hydrogen-bond donors (Lipinski definition) is 1. The lowest BCUT2D eigenvalue weighted by Crippen LogP contribution is -2.22. The largest absolute Gasteiger partial charge is 0.457 e. The lowest BCUT2D eigenvalue weighted by Gasteiger charge is -2.11. The van der Waals surface area contributed by atoms with Gasteiger partial charge in [0.2, 0.25) is 0 Å². The molecule has 1 aliphatic rings. The highest BCUT2D eigenvalue weighted by molar-refractivity contribution is 6.07. The minimum Gasteiger partial charge on any atom is -0.457 e. The van der Waals surface area contributed by atoms with Crippen LogP contribution in [0.5, 0.6) is 11.5 Å². The minimum atomic E-state index is -4.40. The summed E-state index contributed by atoms with van der Waals surface area (Å²) < 4.78 is 49.3. The van der Waals surface area contributed by atoms with Crippen molar-refractivity contribution < 1.29 is 27.4 Å². The van der Waals surface area contributed by atoms with Crippen LogP contribution in [0.3, 0.4) is 0 Å². The number of benzene rings is 3. The number of fused-ring (bicyclic) bond motifs is 1. The van der Waals surface area contributed by atoms with Crippen LogP contribution in [0.25, 0.3) is 10.8 Å². The third-order valence-electron chi connectivity index (χ3n) is 5.07. The maximum Gasteiger partial charge on any atom is 0.416 e. The molecule has 0 bridgehead atoms. The molecule has 31 heavy (non-hydrogen) atoms. The molecule has 5 nitrogen and oxygen atoms in total. The summed E-state index contributed by atoms with van der Waals surface area (Å²) in [4.78, 5) is 16.8. The zero-order chi connectivity index (χ0) is 22.0. The maximum atomic E-state index is 12.7. The molecule has 1 fully saturated rings. The average molecular weight is 428 g/mol. The van der Waals surface area contributed by atoms with E-state index >= 15 is 0 Å². The Bertz CT molecular complexity index is 1140. The van der Waals surface area contributed by atoms with Gasteiger partial charge in [-0.05, 0) is 53.9 Å². The molecule has 0 saturated carbocycles. The van der Waals surface area contributed by atoms with Gasteiger partial charge in [0.05, 0.1) is 24.5 Å². The predicted molar refractivity (Wildman–Crippen MR) is 111 cm³/mol. The fraction of sp³-hybridized carbons (Fsp3) is 0.217. The van der Waals surface area contributed by atoms with Crippen molar-refractivity contribution in [1.29, 1.82) is 0 Å². The molecule has 1 unspecified atom stereocenters. The van der Waals surface area contributed by atoms with E-state index in [9.17, 15) is 18.0 Å². The van der Waals surface area contributed by atoms with Gasteiger partial charge < -0.3 is 15.2 Å². The Morgan fingerprint density at radius 1 is 1.13 bits per heavy atom. The second-order valence-electron chi connectivity index (χ2n) is 7.17. The van der Waals surface area contributed by atoms with Crippen molar-refractivity contribution in [3.8, 4) is 11.5 Å². The van der Waals surface area contributed by atoms with Gasteiger partial charge >= 0.3 is 6.18 Å². The average Bonchev–Trinajstić information content (AvgIpc) is 3.20. The van der Waals surface area contributed by atoms with E-state index in [-0.39, 0.29) is 17.6 Å². The molecule has 160 valence electrons. The molecule has 0 spiro atoms. The number of carbonyl (C=O) groups is 1. The van der Waals surface area contributed by atoms with Gasteiger partial charge in [0.15, 0.2) is 0 Å². The Balaban J connectivity index is 1.58. The van der Waals surface area contributed by atoms with E-state index in [1.165, 1.54) is 12.1 Å². The number of hydrogen-bond acceptors (Lipinski definition) is 4. The topological polar surface area (TPSA) is 73.9 Å². The van der Waals surface area contributed by atoms with Crippen molar-refractivity contribution in [2.24, 2.45) is 16.6 Å². The number of alkyl halides is 3. The molecule has 0 aromatic heterocycles. The fourth-order valence-corrected chi connectivity index (χ4v) is 3.36. The molecule has 1 aliphatic heterocycles. The van der Waals surface area contributed by atoms with E-state index in [1.807, 2.05) is 6.07 Å². The standard InChI is InChI=1S/C23H19F3N2O3/c24-23(25,26)17-5-7-18(8-6-17)31-21-3-1-2-14-10-15(4-9-19(14)21)22(29)28-20-13-30-12-16(20)11-27/h1-10,16H,11-13,27H2/b28-20+. The van der Waals surface area contributed by atoms with Crippen LogP contribution in [0.1, 0.15) is 15.9 Å². The highest BCUT2D eigenvalue weighted by Gasteiger charge is 2.30. The molecule has 2 N–H and O–H groups in total. The molecule has 3 aromatic carbocycles. The van der Waals surface area contributed by atoms with Gasteiger partial charge in [0, 0.05) is 23.4 Å². The van der Waals surface area contributed by atoms with Crippen LogP contribution >= 0.6 is 0 Å². The van der Waals surface area contributed by atoms with Crippen LogP contribution in [0.4, 0.5) is 13.2 Å². The third kappa shape index (κ3) is 4.60. The number of aliphatic imine (C=N–C) groups is 1. The molecular formula is C23H19F3N2O3. The van der Waals surface area contributed by atoms with Gasteiger partial charge in [-0.3, -0.25) is 4.79 Å². The lowest BCUT2D eigenvalue weighted by atomic mass is 10.0. The number of nitrogens with zero attached hydrogens (tertiary/aromatic N) is 1. The van der Waals surface area contributed by atoms with Crippen LogP contribution < -0.4 is 10.5 Å². The van der Waals surface area contributed by atoms with E-state index in [1.54, 1.807) is 30.3 Å². The summed E-state index contributed by atoms with van der Waals surface area (Å²) in [6, 6.07) is 14.8. The van der Waals surface area contributed by atoms with Crippen molar-refractivity contribution >= 4 is 22.4 Å². The SMILES string of the molecule is NCC1COC/C1=N\C(=O)c1ccc2c(Oc3ccc(C(F)(F)F)cc3)cccc2c1. The highest BCUT2D eigenvalue weighted by Crippen LogP contribution is 2.33. The number of carbonyl (C=O) groups excluding carboxylic acids is 1. The van der Waals surface area contributed by atoms with Crippen molar-refractivity contribution in [3.63, 3.8) is 0 Å². The first kappa shape index (κ1) is 21.0. The molecule has 1 atom stereocenters. The summed E-state index contributed by atoms with van der Waals surface area (Å²) in [6.45, 7) is 1.13. The van der Waals surface area contributed by atoms with Gasteiger partial charge in [-0.1, -0.05) is 12.1 Å². The van der Waals surface area contributed by atoms with Crippen molar-refractivity contribution in [3.05, 3.63) is 71.8 Å². The van der Waals surface area contributed by atoms with Gasteiger partial charge in [0.1, 0.15) is 11.5 Å². The first-order valence-electron chi connectivity index (χ1n) is 9.62. The summed E-state index contributed by atoms with van der Waals surface area (Å²) in [6.07, 6.45) is -4.40. The van der Waals surface area contributed by atoms with E-state index in [0.717, 1.165) is 22.9 Å². The van der Waals surface area contributed by atoms with Crippen LogP contribution in [-0.2, 0) is 10.9 Å². The van der Waals surface area contributed by atoms with Gasteiger partial charge in [-0.2, -0.15) is 13.2 Å². The lowest BCUT2D eigenvalue weighted by molar-refractivity contribution is -0.137.